The summed E-state index contributed by atoms with van der Waals surface area (Å²) in [5, 5.41) is 0. The van der Waals surface area contributed by atoms with Gasteiger partial charge < -0.3 is 14.5 Å². The van der Waals surface area contributed by atoms with E-state index in [1.807, 2.05) is 0 Å². The normalized spacial score (nSPS) is 17.9. The SMILES string of the molecule is C.c1ccc(CN2CCN(c3ccc(OCCCN4CCCC4)cc3)CC2)cc1. The molecular weight excluding hydrogens is 358 g/mol. The quantitative estimate of drug-likeness (QED) is 0.612. The summed E-state index contributed by atoms with van der Waals surface area (Å²) in [7, 11) is 0. The Kier molecular flexibility index (Phi) is 8.38. The molecule has 0 spiro atoms. The first kappa shape index (κ1) is 21.7. The van der Waals surface area contributed by atoms with Crippen molar-refractivity contribution in [1.82, 2.24) is 9.80 Å². The van der Waals surface area contributed by atoms with Gasteiger partial charge in [0.2, 0.25) is 0 Å². The van der Waals surface area contributed by atoms with Crippen molar-refractivity contribution in [3.8, 4) is 5.75 Å². The van der Waals surface area contributed by atoms with Crippen molar-refractivity contribution >= 4 is 5.69 Å². The molecule has 2 heterocycles. The molecule has 0 radical (unpaired) electrons. The highest BCUT2D eigenvalue weighted by molar-refractivity contribution is 5.49. The van der Waals surface area contributed by atoms with Crippen LogP contribution in [0.25, 0.3) is 0 Å². The molecule has 2 aromatic carbocycles. The van der Waals surface area contributed by atoms with Crippen LogP contribution in [0.2, 0.25) is 0 Å². The zero-order valence-electron chi connectivity index (χ0n) is 16.9. The number of benzene rings is 2. The second-order valence-corrected chi connectivity index (χ2v) is 7.99. The number of nitrogens with zero attached hydrogens (tertiary/aromatic N) is 3. The largest absolute Gasteiger partial charge is 0.494 e. The topological polar surface area (TPSA) is 19.0 Å². The number of likely N-dealkylation sites (tertiary alicyclic amines) is 1. The third-order valence-electron chi connectivity index (χ3n) is 5.91. The molecule has 2 aromatic rings. The second kappa shape index (κ2) is 11.2. The van der Waals surface area contributed by atoms with Crippen molar-refractivity contribution < 1.29 is 4.74 Å². The fraction of sp³-hybridized carbons (Fsp3) is 0.520. The lowest BCUT2D eigenvalue weighted by molar-refractivity contribution is 0.250. The van der Waals surface area contributed by atoms with E-state index in [2.05, 4.69) is 69.3 Å². The molecule has 2 aliphatic rings. The van der Waals surface area contributed by atoms with Crippen LogP contribution in [0.15, 0.2) is 54.6 Å². The molecule has 0 bridgehead atoms. The summed E-state index contributed by atoms with van der Waals surface area (Å²) in [6.45, 7) is 9.98. The minimum atomic E-state index is 0. The zero-order chi connectivity index (χ0) is 19.0. The summed E-state index contributed by atoms with van der Waals surface area (Å²) < 4.78 is 5.94. The fourth-order valence-electron chi connectivity index (χ4n) is 4.24. The molecule has 0 saturated carbocycles. The van der Waals surface area contributed by atoms with Gasteiger partial charge in [0, 0.05) is 45.0 Å². The molecule has 0 unspecified atom stereocenters. The number of hydrogen-bond donors (Lipinski definition) is 0. The van der Waals surface area contributed by atoms with E-state index in [0.717, 1.165) is 51.5 Å². The van der Waals surface area contributed by atoms with E-state index in [9.17, 15) is 0 Å². The summed E-state index contributed by atoms with van der Waals surface area (Å²) in [5.74, 6) is 0.993. The number of piperazine rings is 1. The van der Waals surface area contributed by atoms with Gasteiger partial charge in [0.25, 0.3) is 0 Å². The Labute approximate surface area is 177 Å². The van der Waals surface area contributed by atoms with Crippen LogP contribution in [0.4, 0.5) is 5.69 Å². The Hall–Kier alpha value is -2.04. The summed E-state index contributed by atoms with van der Waals surface area (Å²) in [6, 6.07) is 19.5. The molecule has 4 rings (SSSR count). The Morgan fingerprint density at radius 1 is 0.724 bits per heavy atom. The molecule has 4 heteroatoms. The van der Waals surface area contributed by atoms with Crippen LogP contribution in [-0.2, 0) is 6.54 Å². The van der Waals surface area contributed by atoms with Gasteiger partial charge in [-0.1, -0.05) is 37.8 Å². The van der Waals surface area contributed by atoms with Crippen LogP contribution in [-0.4, -0.2) is 62.2 Å². The van der Waals surface area contributed by atoms with E-state index in [-0.39, 0.29) is 7.43 Å². The highest BCUT2D eigenvalue weighted by Crippen LogP contribution is 2.21. The Balaban J connectivity index is 0.00000240. The molecule has 2 saturated heterocycles. The van der Waals surface area contributed by atoms with Crippen molar-refractivity contribution in [2.24, 2.45) is 0 Å². The number of hydrogen-bond acceptors (Lipinski definition) is 4. The minimum absolute atomic E-state index is 0. The van der Waals surface area contributed by atoms with E-state index in [1.165, 1.54) is 43.7 Å². The monoisotopic (exact) mass is 395 g/mol. The van der Waals surface area contributed by atoms with Crippen LogP contribution in [0.5, 0.6) is 5.75 Å². The van der Waals surface area contributed by atoms with Gasteiger partial charge in [-0.15, -0.1) is 0 Å². The highest BCUT2D eigenvalue weighted by atomic mass is 16.5. The van der Waals surface area contributed by atoms with Gasteiger partial charge in [-0.25, -0.2) is 0 Å². The third kappa shape index (κ3) is 6.48. The Morgan fingerprint density at radius 3 is 2.10 bits per heavy atom. The van der Waals surface area contributed by atoms with Crippen molar-refractivity contribution in [3.63, 3.8) is 0 Å². The van der Waals surface area contributed by atoms with Crippen molar-refractivity contribution in [1.29, 1.82) is 0 Å². The lowest BCUT2D eigenvalue weighted by Crippen LogP contribution is -2.45. The maximum atomic E-state index is 5.94. The molecule has 0 aromatic heterocycles. The molecule has 0 N–H and O–H groups in total. The first-order valence-electron chi connectivity index (χ1n) is 10.8. The van der Waals surface area contributed by atoms with Gasteiger partial charge in [-0.05, 0) is 62.2 Å². The molecular formula is C25H37N3O. The summed E-state index contributed by atoms with van der Waals surface area (Å²) >= 11 is 0. The molecule has 158 valence electrons. The van der Waals surface area contributed by atoms with Gasteiger partial charge in [0.15, 0.2) is 0 Å². The predicted octanol–water partition coefficient (Wildman–Crippen LogP) is 4.51. The maximum Gasteiger partial charge on any atom is 0.119 e. The molecule has 0 atom stereocenters. The number of anilines is 1. The van der Waals surface area contributed by atoms with Crippen molar-refractivity contribution in [3.05, 3.63) is 60.2 Å². The first-order chi connectivity index (χ1) is 13.9. The standard InChI is InChI=1S/C24H33N3O.CH4/c1-2-7-22(8-3-1)21-26-16-18-27(19-17-26)23-9-11-24(12-10-23)28-20-6-15-25-13-4-5-14-25;/h1-3,7-12H,4-6,13-21H2;1H4. The zero-order valence-corrected chi connectivity index (χ0v) is 16.9. The molecule has 2 fully saturated rings. The average molecular weight is 396 g/mol. The van der Waals surface area contributed by atoms with E-state index in [1.54, 1.807) is 0 Å². The molecule has 2 aliphatic heterocycles. The Bertz CT molecular complexity index is 690. The van der Waals surface area contributed by atoms with E-state index < -0.39 is 0 Å². The van der Waals surface area contributed by atoms with Crippen LogP contribution in [0, 0.1) is 0 Å². The van der Waals surface area contributed by atoms with Crippen LogP contribution >= 0.6 is 0 Å². The second-order valence-electron chi connectivity index (χ2n) is 7.99. The van der Waals surface area contributed by atoms with Crippen molar-refractivity contribution in [2.75, 3.05) is 57.3 Å². The molecule has 4 nitrogen and oxygen atoms in total. The third-order valence-corrected chi connectivity index (χ3v) is 5.91. The lowest BCUT2D eigenvalue weighted by Gasteiger charge is -2.36. The van der Waals surface area contributed by atoms with E-state index in [4.69, 9.17) is 4.74 Å². The summed E-state index contributed by atoms with van der Waals surface area (Å²) in [5.41, 5.74) is 2.71. The van der Waals surface area contributed by atoms with Gasteiger partial charge in [-0.3, -0.25) is 4.90 Å². The molecule has 0 amide bonds. The minimum Gasteiger partial charge on any atom is -0.494 e. The average Bonchev–Trinajstić information content (AvgIpc) is 3.27. The maximum absolute atomic E-state index is 5.94. The summed E-state index contributed by atoms with van der Waals surface area (Å²) in [4.78, 5) is 7.58. The Morgan fingerprint density at radius 2 is 1.41 bits per heavy atom. The number of ether oxygens (including phenoxy) is 1. The fourth-order valence-corrected chi connectivity index (χ4v) is 4.24. The van der Waals surface area contributed by atoms with Gasteiger partial charge >= 0.3 is 0 Å². The van der Waals surface area contributed by atoms with Crippen LogP contribution in [0.3, 0.4) is 0 Å². The lowest BCUT2D eigenvalue weighted by atomic mass is 10.2. The van der Waals surface area contributed by atoms with E-state index >= 15 is 0 Å². The van der Waals surface area contributed by atoms with Crippen molar-refractivity contribution in [2.45, 2.75) is 33.2 Å². The first-order valence-corrected chi connectivity index (χ1v) is 10.8. The molecule has 0 aliphatic carbocycles. The highest BCUT2D eigenvalue weighted by Gasteiger charge is 2.17. The van der Waals surface area contributed by atoms with Crippen LogP contribution < -0.4 is 9.64 Å². The smallest absolute Gasteiger partial charge is 0.119 e. The van der Waals surface area contributed by atoms with Gasteiger partial charge in [0.05, 0.1) is 6.61 Å². The predicted molar refractivity (Wildman–Crippen MR) is 123 cm³/mol. The van der Waals surface area contributed by atoms with E-state index in [0.29, 0.717) is 0 Å². The van der Waals surface area contributed by atoms with Crippen LogP contribution in [0.1, 0.15) is 32.3 Å². The van der Waals surface area contributed by atoms with Gasteiger partial charge in [0.1, 0.15) is 5.75 Å². The van der Waals surface area contributed by atoms with Gasteiger partial charge in [-0.2, -0.15) is 0 Å². The molecule has 29 heavy (non-hydrogen) atoms. The number of rotatable bonds is 8. The summed E-state index contributed by atoms with van der Waals surface area (Å²) in [6.07, 6.45) is 3.84.